The third kappa shape index (κ3) is 4.40. The Hall–Kier alpha value is -2.69. The van der Waals surface area contributed by atoms with Crippen molar-refractivity contribution in [1.29, 1.82) is 0 Å². The number of hydrogen-bond donors (Lipinski definition) is 0. The van der Waals surface area contributed by atoms with Crippen LogP contribution in [0.2, 0.25) is 5.02 Å². The lowest BCUT2D eigenvalue weighted by Gasteiger charge is -2.17. The van der Waals surface area contributed by atoms with E-state index in [1.807, 2.05) is 0 Å². The van der Waals surface area contributed by atoms with Crippen LogP contribution in [0, 0.1) is 0 Å². The highest BCUT2D eigenvalue weighted by molar-refractivity contribution is 7.89. The number of hydrogen-bond acceptors (Lipinski definition) is 7. The van der Waals surface area contributed by atoms with Crippen molar-refractivity contribution in [1.82, 2.24) is 19.0 Å². The fourth-order valence-corrected chi connectivity index (χ4v) is 4.60. The van der Waals surface area contributed by atoms with Crippen LogP contribution in [0.15, 0.2) is 45.9 Å². The lowest BCUT2D eigenvalue weighted by molar-refractivity contribution is 0.0448. The number of carbonyl (C=O) groups is 1. The average Bonchev–Trinajstić information content (AvgIpc) is 3.34. The Balaban J connectivity index is 1.72. The quantitative estimate of drug-likeness (QED) is 0.483. The van der Waals surface area contributed by atoms with Crippen LogP contribution < -0.4 is 0 Å². The van der Waals surface area contributed by atoms with E-state index in [1.54, 1.807) is 45.2 Å². The molecule has 1 aromatic carbocycles. The van der Waals surface area contributed by atoms with Gasteiger partial charge in [-0.3, -0.25) is 0 Å². The maximum Gasteiger partial charge on any atom is 0.355 e. The van der Waals surface area contributed by atoms with Crippen LogP contribution in [-0.2, 0) is 28.4 Å². The zero-order chi connectivity index (χ0) is 21.9. The first-order chi connectivity index (χ1) is 14.3. The number of aromatic nitrogens is 3. The molecular weight excluding hydrogens is 432 g/mol. The maximum atomic E-state index is 12.6. The minimum Gasteiger partial charge on any atom is -0.453 e. The van der Waals surface area contributed by atoms with Crippen LogP contribution in [0.4, 0.5) is 0 Å². The maximum absolute atomic E-state index is 12.6. The van der Waals surface area contributed by atoms with Crippen LogP contribution in [0.3, 0.4) is 0 Å². The predicted molar refractivity (Wildman–Crippen MR) is 109 cm³/mol. The van der Waals surface area contributed by atoms with Crippen LogP contribution >= 0.6 is 11.6 Å². The van der Waals surface area contributed by atoms with Crippen LogP contribution in [0.5, 0.6) is 0 Å². The van der Waals surface area contributed by atoms with Gasteiger partial charge in [-0.1, -0.05) is 42.7 Å². The normalized spacial score (nSPS) is 11.8. The summed E-state index contributed by atoms with van der Waals surface area (Å²) < 4.78 is 38.4. The summed E-state index contributed by atoms with van der Waals surface area (Å²) in [6, 6.07) is 8.28. The van der Waals surface area contributed by atoms with E-state index in [-0.39, 0.29) is 28.9 Å². The van der Waals surface area contributed by atoms with Crippen molar-refractivity contribution >= 4 is 27.6 Å². The van der Waals surface area contributed by atoms with E-state index in [4.69, 9.17) is 20.9 Å². The molecule has 0 saturated heterocycles. The molecule has 0 bridgehead atoms. The number of esters is 1. The molecule has 160 valence electrons. The molecule has 0 fully saturated rings. The van der Waals surface area contributed by atoms with Crippen LogP contribution in [0.25, 0.3) is 11.5 Å². The first-order valence-electron chi connectivity index (χ1n) is 9.19. The van der Waals surface area contributed by atoms with Gasteiger partial charge in [0, 0.05) is 26.3 Å². The van der Waals surface area contributed by atoms with Gasteiger partial charge in [-0.05, 0) is 18.2 Å². The third-order valence-corrected chi connectivity index (χ3v) is 6.78. The average molecular weight is 453 g/mol. The molecule has 0 aliphatic rings. The number of aryl methyl sites for hydroxylation is 1. The van der Waals surface area contributed by atoms with Gasteiger partial charge in [0.1, 0.15) is 10.6 Å². The molecule has 0 unspecified atom stereocenters. The van der Waals surface area contributed by atoms with Crippen molar-refractivity contribution < 1.29 is 22.5 Å². The summed E-state index contributed by atoms with van der Waals surface area (Å²) in [4.78, 5) is 16.7. The first kappa shape index (κ1) is 22.0. The summed E-state index contributed by atoms with van der Waals surface area (Å²) in [5.41, 5.74) is 0.661. The topological polar surface area (TPSA) is 108 Å². The number of benzene rings is 1. The molecule has 3 rings (SSSR count). The first-order valence-corrected chi connectivity index (χ1v) is 11.0. The molecule has 11 heteroatoms. The van der Waals surface area contributed by atoms with Gasteiger partial charge in [0.15, 0.2) is 6.61 Å². The second-order valence-electron chi connectivity index (χ2n) is 6.33. The Morgan fingerprint density at radius 1 is 1.27 bits per heavy atom. The zero-order valence-electron chi connectivity index (χ0n) is 16.7. The van der Waals surface area contributed by atoms with Gasteiger partial charge in [0.25, 0.3) is 5.89 Å². The van der Waals surface area contributed by atoms with Gasteiger partial charge >= 0.3 is 5.97 Å². The monoisotopic (exact) mass is 452 g/mol. The van der Waals surface area contributed by atoms with E-state index in [0.717, 1.165) is 0 Å². The molecule has 0 radical (unpaired) electrons. The van der Waals surface area contributed by atoms with E-state index >= 15 is 0 Å². The van der Waals surface area contributed by atoms with Crippen molar-refractivity contribution in [3.05, 3.63) is 53.1 Å². The highest BCUT2D eigenvalue weighted by Crippen LogP contribution is 2.26. The molecule has 0 atom stereocenters. The molecule has 0 aliphatic heterocycles. The molecule has 0 saturated carbocycles. The molecular formula is C19H21ClN4O5S. The third-order valence-electron chi connectivity index (χ3n) is 4.44. The Labute approximate surface area is 179 Å². The summed E-state index contributed by atoms with van der Waals surface area (Å²) in [7, 11) is -2.11. The van der Waals surface area contributed by atoms with E-state index in [2.05, 4.69) is 10.1 Å². The molecule has 0 N–H and O–H groups in total. The Kier molecular flexibility index (Phi) is 6.59. The molecule has 3 aromatic rings. The number of halogens is 1. The minimum atomic E-state index is -3.68. The van der Waals surface area contributed by atoms with Gasteiger partial charge in [0.2, 0.25) is 15.8 Å². The zero-order valence-corrected chi connectivity index (χ0v) is 18.3. The van der Waals surface area contributed by atoms with Crippen LogP contribution in [0.1, 0.15) is 30.2 Å². The van der Waals surface area contributed by atoms with Crippen molar-refractivity contribution in [2.75, 3.05) is 13.1 Å². The fourth-order valence-electron chi connectivity index (χ4n) is 2.85. The Morgan fingerprint density at radius 3 is 2.63 bits per heavy atom. The van der Waals surface area contributed by atoms with Gasteiger partial charge in [0.05, 0.1) is 10.6 Å². The highest BCUT2D eigenvalue weighted by atomic mass is 35.5. The van der Waals surface area contributed by atoms with Gasteiger partial charge in [-0.2, -0.15) is 9.29 Å². The fraction of sp³-hybridized carbons (Fsp3) is 0.316. The van der Waals surface area contributed by atoms with E-state index < -0.39 is 16.0 Å². The molecule has 2 heterocycles. The smallest absolute Gasteiger partial charge is 0.355 e. The van der Waals surface area contributed by atoms with E-state index in [1.165, 1.54) is 21.1 Å². The highest BCUT2D eigenvalue weighted by Gasteiger charge is 2.26. The van der Waals surface area contributed by atoms with Crippen molar-refractivity contribution in [2.24, 2.45) is 7.05 Å². The summed E-state index contributed by atoms with van der Waals surface area (Å²) in [6.45, 7) is 3.93. The SMILES string of the molecule is CCN(CC)S(=O)(=O)c1cc(C(=O)OCc2noc(-c3ccccc3Cl)n2)n(C)c1. The summed E-state index contributed by atoms with van der Waals surface area (Å²) in [6.07, 6.45) is 1.38. The lowest BCUT2D eigenvalue weighted by atomic mass is 10.2. The predicted octanol–water partition coefficient (Wildman–Crippen LogP) is 3.12. The Bertz CT molecular complexity index is 1150. The minimum absolute atomic E-state index is 0.0289. The van der Waals surface area contributed by atoms with Crippen molar-refractivity contribution in [2.45, 2.75) is 25.3 Å². The van der Waals surface area contributed by atoms with Crippen molar-refractivity contribution in [3.8, 4) is 11.5 Å². The van der Waals surface area contributed by atoms with Gasteiger partial charge in [-0.25, -0.2) is 13.2 Å². The molecule has 0 spiro atoms. The molecule has 30 heavy (non-hydrogen) atoms. The molecule has 0 amide bonds. The van der Waals surface area contributed by atoms with E-state index in [0.29, 0.717) is 23.7 Å². The number of sulfonamides is 1. The van der Waals surface area contributed by atoms with E-state index in [9.17, 15) is 13.2 Å². The Morgan fingerprint density at radius 2 is 1.97 bits per heavy atom. The molecule has 0 aliphatic carbocycles. The van der Waals surface area contributed by atoms with Crippen molar-refractivity contribution in [3.63, 3.8) is 0 Å². The standard InChI is InChI=1S/C19H21ClN4O5S/c1-4-24(5-2)30(26,27)13-10-16(23(3)11-13)19(25)28-12-17-21-18(29-22-17)14-8-6-7-9-15(14)20/h6-11H,4-5,12H2,1-3H3. The van der Waals surface area contributed by atoms with Gasteiger partial charge < -0.3 is 13.8 Å². The van der Waals surface area contributed by atoms with Crippen LogP contribution in [-0.4, -0.2) is 46.5 Å². The lowest BCUT2D eigenvalue weighted by Crippen LogP contribution is -2.30. The second-order valence-corrected chi connectivity index (χ2v) is 8.68. The van der Waals surface area contributed by atoms with Gasteiger partial charge in [-0.15, -0.1) is 0 Å². The number of carbonyl (C=O) groups excluding carboxylic acids is 1. The largest absolute Gasteiger partial charge is 0.453 e. The number of nitrogens with zero attached hydrogens (tertiary/aromatic N) is 4. The summed E-state index contributed by atoms with van der Waals surface area (Å²) in [5, 5.41) is 4.23. The summed E-state index contributed by atoms with van der Waals surface area (Å²) >= 11 is 6.11. The molecule has 9 nitrogen and oxygen atoms in total. The number of ether oxygens (including phenoxy) is 1. The molecule has 2 aromatic heterocycles. The second kappa shape index (κ2) is 8.99. The summed E-state index contributed by atoms with van der Waals surface area (Å²) in [5.74, 6) is -0.343. The number of rotatable bonds is 8.